The average Bonchev–Trinajstić information content (AvgIpc) is 3.17. The Morgan fingerprint density at radius 1 is 1.29 bits per heavy atom. The fourth-order valence-corrected chi connectivity index (χ4v) is 2.66. The number of hydrogen-bond acceptors (Lipinski definition) is 5. The van der Waals surface area contributed by atoms with Crippen molar-refractivity contribution in [3.05, 3.63) is 47.6 Å². The van der Waals surface area contributed by atoms with Crippen LogP contribution in [-0.2, 0) is 0 Å². The highest BCUT2D eigenvalue weighted by Gasteiger charge is 2.14. The summed E-state index contributed by atoms with van der Waals surface area (Å²) in [5.41, 5.74) is 7.79. The lowest BCUT2D eigenvalue weighted by molar-refractivity contribution is 0.217. The van der Waals surface area contributed by atoms with Gasteiger partial charge in [0.15, 0.2) is 11.4 Å². The SMILES string of the molecule is C[C@H](CN)Oc1ccc2ncc(-c3cc4cc(Cl)ccc4o3)n2n1. The zero-order valence-electron chi connectivity index (χ0n) is 12.9. The van der Waals surface area contributed by atoms with Crippen molar-refractivity contribution >= 4 is 28.2 Å². The maximum absolute atomic E-state index is 6.03. The van der Waals surface area contributed by atoms with Gasteiger partial charge >= 0.3 is 0 Å². The van der Waals surface area contributed by atoms with E-state index in [0.29, 0.717) is 28.9 Å². The second kappa shape index (κ2) is 5.81. The molecule has 0 saturated heterocycles. The summed E-state index contributed by atoms with van der Waals surface area (Å²) >= 11 is 6.03. The minimum absolute atomic E-state index is 0.115. The molecule has 0 amide bonds. The molecule has 3 heterocycles. The number of nitrogens with two attached hydrogens (primary N) is 1. The van der Waals surface area contributed by atoms with Crippen LogP contribution in [0.1, 0.15) is 6.92 Å². The lowest BCUT2D eigenvalue weighted by Crippen LogP contribution is -2.23. The first-order chi connectivity index (χ1) is 11.6. The number of aromatic nitrogens is 3. The van der Waals surface area contributed by atoms with Crippen LogP contribution in [0.25, 0.3) is 28.1 Å². The average molecular weight is 343 g/mol. The van der Waals surface area contributed by atoms with E-state index in [2.05, 4.69) is 10.1 Å². The Bertz CT molecular complexity index is 1020. The van der Waals surface area contributed by atoms with Gasteiger partial charge in [0.05, 0.1) is 6.20 Å². The summed E-state index contributed by atoms with van der Waals surface area (Å²) in [7, 11) is 0. The molecule has 0 spiro atoms. The molecule has 3 aromatic heterocycles. The van der Waals surface area contributed by atoms with Crippen LogP contribution in [-0.4, -0.2) is 27.2 Å². The van der Waals surface area contributed by atoms with E-state index in [4.69, 9.17) is 26.5 Å². The molecule has 7 heteroatoms. The van der Waals surface area contributed by atoms with Gasteiger partial charge in [-0.3, -0.25) is 0 Å². The van der Waals surface area contributed by atoms with E-state index in [1.807, 2.05) is 31.2 Å². The van der Waals surface area contributed by atoms with E-state index < -0.39 is 0 Å². The molecular formula is C17H15ClN4O2. The number of rotatable bonds is 4. The summed E-state index contributed by atoms with van der Waals surface area (Å²) in [5, 5.41) is 6.07. The van der Waals surface area contributed by atoms with Crippen LogP contribution < -0.4 is 10.5 Å². The minimum Gasteiger partial charge on any atom is -0.472 e. The van der Waals surface area contributed by atoms with Crippen molar-refractivity contribution in [1.82, 2.24) is 14.6 Å². The first-order valence-corrected chi connectivity index (χ1v) is 7.93. The van der Waals surface area contributed by atoms with E-state index in [-0.39, 0.29) is 6.10 Å². The van der Waals surface area contributed by atoms with Gasteiger partial charge in [-0.1, -0.05) is 11.6 Å². The van der Waals surface area contributed by atoms with Gasteiger partial charge in [-0.15, -0.1) is 5.10 Å². The predicted molar refractivity (Wildman–Crippen MR) is 92.3 cm³/mol. The van der Waals surface area contributed by atoms with Crippen molar-refractivity contribution in [1.29, 1.82) is 0 Å². The lowest BCUT2D eigenvalue weighted by Gasteiger charge is -2.11. The first-order valence-electron chi connectivity index (χ1n) is 7.55. The molecule has 0 aliphatic rings. The third-order valence-corrected chi connectivity index (χ3v) is 3.96. The van der Waals surface area contributed by atoms with Crippen LogP contribution in [0.3, 0.4) is 0 Å². The summed E-state index contributed by atoms with van der Waals surface area (Å²) in [6.07, 6.45) is 1.60. The van der Waals surface area contributed by atoms with Crippen LogP contribution in [0.15, 0.2) is 47.0 Å². The smallest absolute Gasteiger partial charge is 0.232 e. The van der Waals surface area contributed by atoms with Crippen LogP contribution in [0.5, 0.6) is 5.88 Å². The summed E-state index contributed by atoms with van der Waals surface area (Å²) in [4.78, 5) is 4.36. The number of halogens is 1. The van der Waals surface area contributed by atoms with Crippen LogP contribution in [0.4, 0.5) is 0 Å². The monoisotopic (exact) mass is 342 g/mol. The highest BCUT2D eigenvalue weighted by molar-refractivity contribution is 6.31. The summed E-state index contributed by atoms with van der Waals surface area (Å²) in [6, 6.07) is 11.0. The van der Waals surface area contributed by atoms with E-state index in [0.717, 1.165) is 16.7 Å². The highest BCUT2D eigenvalue weighted by Crippen LogP contribution is 2.30. The molecule has 1 atom stereocenters. The standard InChI is InChI=1S/C17H15ClN4O2/c1-10(8-19)23-17-5-4-16-20-9-13(22(16)21-17)15-7-11-6-12(18)2-3-14(11)24-15/h2-7,9-10H,8,19H2,1H3/t10-/m1/s1. The second-order valence-electron chi connectivity index (χ2n) is 5.54. The van der Waals surface area contributed by atoms with Crippen LogP contribution >= 0.6 is 11.6 Å². The molecule has 24 heavy (non-hydrogen) atoms. The van der Waals surface area contributed by atoms with Gasteiger partial charge in [-0.05, 0) is 37.3 Å². The quantitative estimate of drug-likeness (QED) is 0.614. The van der Waals surface area contributed by atoms with E-state index >= 15 is 0 Å². The molecule has 6 nitrogen and oxygen atoms in total. The number of hydrogen-bond donors (Lipinski definition) is 1. The molecule has 0 bridgehead atoms. The highest BCUT2D eigenvalue weighted by atomic mass is 35.5. The molecule has 4 rings (SSSR count). The molecule has 1 aromatic carbocycles. The normalized spacial score (nSPS) is 12.8. The summed E-state index contributed by atoms with van der Waals surface area (Å²) in [5.74, 6) is 1.15. The fourth-order valence-electron chi connectivity index (χ4n) is 2.48. The van der Waals surface area contributed by atoms with Gasteiger partial charge in [-0.25, -0.2) is 9.50 Å². The molecule has 0 fully saturated rings. The van der Waals surface area contributed by atoms with Crippen LogP contribution in [0.2, 0.25) is 5.02 Å². The number of nitrogens with zero attached hydrogens (tertiary/aromatic N) is 3. The maximum Gasteiger partial charge on any atom is 0.232 e. The van der Waals surface area contributed by atoms with E-state index in [9.17, 15) is 0 Å². The largest absolute Gasteiger partial charge is 0.472 e. The molecule has 0 radical (unpaired) electrons. The molecule has 0 aliphatic carbocycles. The molecule has 4 aromatic rings. The van der Waals surface area contributed by atoms with Crippen molar-refractivity contribution in [2.45, 2.75) is 13.0 Å². The molecular weight excluding hydrogens is 328 g/mol. The lowest BCUT2D eigenvalue weighted by atomic mass is 10.2. The van der Waals surface area contributed by atoms with Gasteiger partial charge in [0.1, 0.15) is 17.4 Å². The topological polar surface area (TPSA) is 78.6 Å². The van der Waals surface area contributed by atoms with E-state index in [1.165, 1.54) is 0 Å². The third-order valence-electron chi connectivity index (χ3n) is 3.72. The van der Waals surface area contributed by atoms with Gasteiger partial charge in [0.25, 0.3) is 0 Å². The van der Waals surface area contributed by atoms with Gasteiger partial charge < -0.3 is 14.9 Å². The minimum atomic E-state index is -0.115. The molecule has 2 N–H and O–H groups in total. The maximum atomic E-state index is 6.03. The van der Waals surface area contributed by atoms with Crippen molar-refractivity contribution in [3.63, 3.8) is 0 Å². The Hall–Kier alpha value is -2.57. The third kappa shape index (κ3) is 2.60. The number of fused-ring (bicyclic) bond motifs is 2. The Morgan fingerprint density at radius 2 is 2.17 bits per heavy atom. The Morgan fingerprint density at radius 3 is 3.00 bits per heavy atom. The van der Waals surface area contributed by atoms with Gasteiger partial charge in [0, 0.05) is 23.0 Å². The predicted octanol–water partition coefficient (Wildman–Crippen LogP) is 3.52. The van der Waals surface area contributed by atoms with Crippen molar-refractivity contribution in [2.24, 2.45) is 5.73 Å². The second-order valence-corrected chi connectivity index (χ2v) is 5.98. The zero-order chi connectivity index (χ0) is 16.7. The summed E-state index contributed by atoms with van der Waals surface area (Å²) in [6.45, 7) is 2.31. The summed E-state index contributed by atoms with van der Waals surface area (Å²) < 4.78 is 13.3. The van der Waals surface area contributed by atoms with Crippen molar-refractivity contribution < 1.29 is 9.15 Å². The molecule has 0 aliphatic heterocycles. The van der Waals surface area contributed by atoms with Crippen molar-refractivity contribution in [2.75, 3.05) is 6.54 Å². The van der Waals surface area contributed by atoms with E-state index in [1.54, 1.807) is 22.8 Å². The Kier molecular flexibility index (Phi) is 3.63. The van der Waals surface area contributed by atoms with Gasteiger partial charge in [-0.2, -0.15) is 0 Å². The number of ether oxygens (including phenoxy) is 1. The Labute approximate surface area is 142 Å². The Balaban J connectivity index is 1.81. The van der Waals surface area contributed by atoms with Crippen molar-refractivity contribution in [3.8, 4) is 17.3 Å². The molecule has 0 saturated carbocycles. The van der Waals surface area contributed by atoms with Crippen LogP contribution in [0, 0.1) is 0 Å². The first kappa shape index (κ1) is 15.0. The van der Waals surface area contributed by atoms with Gasteiger partial charge in [0.2, 0.25) is 5.88 Å². The number of furan rings is 1. The fraction of sp³-hybridized carbons (Fsp3) is 0.176. The number of imidazole rings is 1. The molecule has 122 valence electrons. The zero-order valence-corrected chi connectivity index (χ0v) is 13.7. The molecule has 0 unspecified atom stereocenters. The number of benzene rings is 1.